The van der Waals surface area contributed by atoms with Crippen LogP contribution >= 0.6 is 0 Å². The van der Waals surface area contributed by atoms with Gasteiger partial charge in [0.25, 0.3) is 0 Å². The first-order valence-electron chi connectivity index (χ1n) is 8.11. The van der Waals surface area contributed by atoms with Gasteiger partial charge < -0.3 is 14.6 Å². The third kappa shape index (κ3) is 3.06. The molecule has 0 radical (unpaired) electrons. The van der Waals surface area contributed by atoms with E-state index < -0.39 is 12.0 Å². The van der Waals surface area contributed by atoms with Crippen molar-refractivity contribution in [1.82, 2.24) is 20.0 Å². The summed E-state index contributed by atoms with van der Waals surface area (Å²) >= 11 is 0. The minimum absolute atomic E-state index is 0.382. The van der Waals surface area contributed by atoms with E-state index in [1.165, 1.54) is 5.56 Å². The Morgan fingerprint density at radius 2 is 2.20 bits per heavy atom. The number of aromatic amines is 1. The maximum absolute atomic E-state index is 11.6. The average Bonchev–Trinajstić information content (AvgIpc) is 3.23. The van der Waals surface area contributed by atoms with Gasteiger partial charge >= 0.3 is 5.97 Å². The molecule has 1 aliphatic rings. The fourth-order valence-electron chi connectivity index (χ4n) is 3.15. The number of imidazole rings is 1. The Morgan fingerprint density at radius 1 is 1.40 bits per heavy atom. The van der Waals surface area contributed by atoms with Gasteiger partial charge in [-0.3, -0.25) is 9.69 Å². The molecule has 4 rings (SSSR count). The summed E-state index contributed by atoms with van der Waals surface area (Å²) in [5.41, 5.74) is 4.68. The van der Waals surface area contributed by atoms with E-state index in [9.17, 15) is 9.90 Å². The first kappa shape index (κ1) is 15.6. The molecule has 128 valence electrons. The second-order valence-corrected chi connectivity index (χ2v) is 6.34. The number of H-pyrrole nitrogens is 1. The Bertz CT molecular complexity index is 897. The van der Waals surface area contributed by atoms with E-state index in [1.807, 2.05) is 42.2 Å². The molecule has 2 aromatic heterocycles. The van der Waals surface area contributed by atoms with E-state index in [0.717, 1.165) is 22.6 Å². The molecular formula is C18H18N4O3. The summed E-state index contributed by atoms with van der Waals surface area (Å²) in [7, 11) is 0. The maximum atomic E-state index is 11.6. The molecule has 0 aliphatic carbocycles. The number of fused-ring (bicyclic) bond motifs is 1. The standard InChI is InChI=1S/C18H18N4O3/c1-11-2-4-12(5-3-11)14-6-13(25-21-14)8-22-9-16-15(19-10-20-16)7-17(22)18(23)24/h2-6,10,17H,7-9H2,1H3,(H,19,20)(H,23,24). The topological polar surface area (TPSA) is 95.2 Å². The van der Waals surface area contributed by atoms with E-state index >= 15 is 0 Å². The number of aromatic nitrogens is 3. The van der Waals surface area contributed by atoms with E-state index in [4.69, 9.17) is 4.52 Å². The quantitative estimate of drug-likeness (QED) is 0.758. The molecule has 0 bridgehead atoms. The second-order valence-electron chi connectivity index (χ2n) is 6.34. The van der Waals surface area contributed by atoms with Crippen molar-refractivity contribution in [2.24, 2.45) is 0 Å². The third-order valence-electron chi connectivity index (χ3n) is 4.55. The molecule has 3 aromatic rings. The Balaban J connectivity index is 1.55. The lowest BCUT2D eigenvalue weighted by molar-refractivity contribution is -0.144. The lowest BCUT2D eigenvalue weighted by atomic mass is 10.0. The zero-order valence-corrected chi connectivity index (χ0v) is 13.8. The van der Waals surface area contributed by atoms with Gasteiger partial charge in [0, 0.05) is 24.6 Å². The fourth-order valence-corrected chi connectivity index (χ4v) is 3.15. The normalized spacial score (nSPS) is 17.4. The van der Waals surface area contributed by atoms with Crippen molar-refractivity contribution in [3.8, 4) is 11.3 Å². The molecule has 0 spiro atoms. The number of nitrogens with zero attached hydrogens (tertiary/aromatic N) is 3. The number of hydrogen-bond donors (Lipinski definition) is 2. The number of aryl methyl sites for hydroxylation is 1. The van der Waals surface area contributed by atoms with Gasteiger partial charge in [0.1, 0.15) is 11.7 Å². The second kappa shape index (κ2) is 6.18. The number of benzene rings is 1. The summed E-state index contributed by atoms with van der Waals surface area (Å²) in [6.07, 6.45) is 1.99. The molecule has 2 N–H and O–H groups in total. The van der Waals surface area contributed by atoms with Crippen molar-refractivity contribution in [3.05, 3.63) is 59.4 Å². The molecular weight excluding hydrogens is 320 g/mol. The Hall–Kier alpha value is -2.93. The van der Waals surface area contributed by atoms with Gasteiger partial charge in [0.2, 0.25) is 0 Å². The van der Waals surface area contributed by atoms with Crippen LogP contribution in [0, 0.1) is 6.92 Å². The highest BCUT2D eigenvalue weighted by molar-refractivity contribution is 5.74. The van der Waals surface area contributed by atoms with Crippen LogP contribution in [0.3, 0.4) is 0 Å². The van der Waals surface area contributed by atoms with E-state index in [0.29, 0.717) is 25.3 Å². The molecule has 0 amide bonds. The average molecular weight is 338 g/mol. The molecule has 1 aromatic carbocycles. The van der Waals surface area contributed by atoms with Crippen molar-refractivity contribution in [3.63, 3.8) is 0 Å². The van der Waals surface area contributed by atoms with Crippen molar-refractivity contribution >= 4 is 5.97 Å². The van der Waals surface area contributed by atoms with Crippen LogP contribution in [-0.4, -0.2) is 37.1 Å². The molecule has 7 heteroatoms. The number of carboxylic acids is 1. The lowest BCUT2D eigenvalue weighted by Gasteiger charge is -2.31. The summed E-state index contributed by atoms with van der Waals surface area (Å²) in [5.74, 6) is -0.211. The zero-order valence-electron chi connectivity index (χ0n) is 13.8. The summed E-state index contributed by atoms with van der Waals surface area (Å²) in [6, 6.07) is 9.28. The first-order valence-corrected chi connectivity index (χ1v) is 8.11. The van der Waals surface area contributed by atoms with Crippen LogP contribution in [0.1, 0.15) is 22.7 Å². The summed E-state index contributed by atoms with van der Waals surface area (Å²) in [5, 5.41) is 13.6. The zero-order chi connectivity index (χ0) is 17.4. The van der Waals surface area contributed by atoms with Crippen LogP contribution < -0.4 is 0 Å². The van der Waals surface area contributed by atoms with Gasteiger partial charge in [-0.2, -0.15) is 0 Å². The summed E-state index contributed by atoms with van der Waals surface area (Å²) in [4.78, 5) is 20.8. The van der Waals surface area contributed by atoms with Gasteiger partial charge in [0.15, 0.2) is 5.76 Å². The van der Waals surface area contributed by atoms with Gasteiger partial charge in [0.05, 0.1) is 24.3 Å². The predicted molar refractivity (Wildman–Crippen MR) is 89.6 cm³/mol. The first-order chi connectivity index (χ1) is 12.1. The van der Waals surface area contributed by atoms with E-state index in [1.54, 1.807) is 6.33 Å². The number of carbonyl (C=O) groups is 1. The number of aliphatic carboxylic acids is 1. The van der Waals surface area contributed by atoms with Crippen LogP contribution in [0.4, 0.5) is 0 Å². The lowest BCUT2D eigenvalue weighted by Crippen LogP contribution is -2.45. The van der Waals surface area contributed by atoms with Crippen LogP contribution in [0.15, 0.2) is 41.2 Å². The molecule has 1 unspecified atom stereocenters. The maximum Gasteiger partial charge on any atom is 0.321 e. The number of hydrogen-bond acceptors (Lipinski definition) is 5. The predicted octanol–water partition coefficient (Wildman–Crippen LogP) is 2.38. The largest absolute Gasteiger partial charge is 0.480 e. The smallest absolute Gasteiger partial charge is 0.321 e. The molecule has 0 fully saturated rings. The number of carboxylic acid groups (broad SMARTS) is 1. The van der Waals surface area contributed by atoms with Crippen LogP contribution in [0.2, 0.25) is 0 Å². The minimum Gasteiger partial charge on any atom is -0.480 e. The monoisotopic (exact) mass is 338 g/mol. The molecule has 7 nitrogen and oxygen atoms in total. The molecule has 1 aliphatic heterocycles. The van der Waals surface area contributed by atoms with Gasteiger partial charge in [-0.05, 0) is 6.92 Å². The minimum atomic E-state index is -0.855. The van der Waals surface area contributed by atoms with Gasteiger partial charge in [-0.15, -0.1) is 0 Å². The number of rotatable bonds is 4. The van der Waals surface area contributed by atoms with Crippen molar-refractivity contribution in [2.75, 3.05) is 0 Å². The van der Waals surface area contributed by atoms with Crippen molar-refractivity contribution in [1.29, 1.82) is 0 Å². The number of nitrogens with one attached hydrogen (secondary N) is 1. The van der Waals surface area contributed by atoms with E-state index in [-0.39, 0.29) is 0 Å². The summed E-state index contributed by atoms with van der Waals surface area (Å²) in [6.45, 7) is 2.91. The van der Waals surface area contributed by atoms with Crippen LogP contribution in [-0.2, 0) is 24.3 Å². The molecule has 1 atom stereocenters. The van der Waals surface area contributed by atoms with Crippen LogP contribution in [0.25, 0.3) is 11.3 Å². The van der Waals surface area contributed by atoms with Gasteiger partial charge in [-0.25, -0.2) is 4.98 Å². The van der Waals surface area contributed by atoms with Crippen LogP contribution in [0.5, 0.6) is 0 Å². The third-order valence-corrected chi connectivity index (χ3v) is 4.55. The molecule has 0 saturated carbocycles. The highest BCUT2D eigenvalue weighted by Crippen LogP contribution is 2.25. The molecule has 0 saturated heterocycles. The van der Waals surface area contributed by atoms with Crippen molar-refractivity contribution in [2.45, 2.75) is 32.5 Å². The Labute approximate surface area is 144 Å². The fraction of sp³-hybridized carbons (Fsp3) is 0.278. The molecule has 3 heterocycles. The van der Waals surface area contributed by atoms with Gasteiger partial charge in [-0.1, -0.05) is 35.0 Å². The Kier molecular flexibility index (Phi) is 3.85. The summed E-state index contributed by atoms with van der Waals surface area (Å²) < 4.78 is 5.44. The Morgan fingerprint density at radius 3 is 2.96 bits per heavy atom. The highest BCUT2D eigenvalue weighted by atomic mass is 16.5. The highest BCUT2D eigenvalue weighted by Gasteiger charge is 2.33. The van der Waals surface area contributed by atoms with Crippen molar-refractivity contribution < 1.29 is 14.4 Å². The molecule has 25 heavy (non-hydrogen) atoms. The van der Waals surface area contributed by atoms with E-state index in [2.05, 4.69) is 15.1 Å². The SMILES string of the molecule is Cc1ccc(-c2cc(CN3Cc4[nH]cnc4CC3C(=O)O)on2)cc1.